The smallest absolute Gasteiger partial charge is 0.130 e. The van der Waals surface area contributed by atoms with Gasteiger partial charge in [0.05, 0.1) is 6.54 Å². The predicted octanol–water partition coefficient (Wildman–Crippen LogP) is 3.14. The van der Waals surface area contributed by atoms with Crippen molar-refractivity contribution in [1.29, 1.82) is 0 Å². The highest BCUT2D eigenvalue weighted by Gasteiger charge is 2.05. The van der Waals surface area contributed by atoms with E-state index in [1.807, 2.05) is 13.0 Å². The Hall–Kier alpha value is -0.800. The summed E-state index contributed by atoms with van der Waals surface area (Å²) in [5, 5.41) is 0. The van der Waals surface area contributed by atoms with Crippen LogP contribution in [0.15, 0.2) is 10.5 Å². The molecule has 0 saturated heterocycles. The van der Waals surface area contributed by atoms with E-state index in [9.17, 15) is 0 Å². The highest BCUT2D eigenvalue weighted by atomic mass is 16.5. The molecule has 0 atom stereocenters. The Morgan fingerprint density at radius 1 is 1.31 bits per heavy atom. The lowest BCUT2D eigenvalue weighted by Gasteiger charge is -2.01. The fraction of sp³-hybridized carbons (Fsp3) is 0.692. The minimum Gasteiger partial charge on any atom is -0.462 e. The molecule has 0 aliphatic heterocycles. The molecule has 3 heteroatoms. The molecule has 0 aromatic carbocycles. The van der Waals surface area contributed by atoms with Crippen LogP contribution >= 0.6 is 0 Å². The summed E-state index contributed by atoms with van der Waals surface area (Å²) in [6.45, 7) is 6.06. The van der Waals surface area contributed by atoms with Gasteiger partial charge in [-0.1, -0.05) is 26.2 Å². The summed E-state index contributed by atoms with van der Waals surface area (Å²) in [5.74, 6) is 1.75. The van der Waals surface area contributed by atoms with E-state index in [0.717, 1.165) is 30.1 Å². The SMILES string of the molecule is CCCCCCOCc1cc(C)c(CN)o1. The second-order valence-corrected chi connectivity index (χ2v) is 4.14. The van der Waals surface area contributed by atoms with Crippen LogP contribution in [0.2, 0.25) is 0 Å². The number of unbranched alkanes of at least 4 members (excludes halogenated alkanes) is 3. The first-order valence-corrected chi connectivity index (χ1v) is 6.14. The molecular formula is C13H23NO2. The predicted molar refractivity (Wildman–Crippen MR) is 65.1 cm³/mol. The molecule has 0 radical (unpaired) electrons. The molecule has 3 nitrogen and oxygen atoms in total. The third-order valence-electron chi connectivity index (χ3n) is 2.64. The van der Waals surface area contributed by atoms with Crippen LogP contribution in [0.4, 0.5) is 0 Å². The van der Waals surface area contributed by atoms with Gasteiger partial charge in [-0.05, 0) is 25.0 Å². The summed E-state index contributed by atoms with van der Waals surface area (Å²) in [6, 6.07) is 2.01. The van der Waals surface area contributed by atoms with E-state index < -0.39 is 0 Å². The molecule has 0 spiro atoms. The van der Waals surface area contributed by atoms with Gasteiger partial charge in [-0.15, -0.1) is 0 Å². The maximum Gasteiger partial charge on any atom is 0.130 e. The minimum absolute atomic E-state index is 0.461. The quantitative estimate of drug-likeness (QED) is 0.691. The van der Waals surface area contributed by atoms with Crippen molar-refractivity contribution in [2.75, 3.05) is 6.61 Å². The Morgan fingerprint density at radius 3 is 2.75 bits per heavy atom. The molecule has 1 heterocycles. The maximum atomic E-state index is 5.54. The van der Waals surface area contributed by atoms with Crippen molar-refractivity contribution in [3.63, 3.8) is 0 Å². The monoisotopic (exact) mass is 225 g/mol. The van der Waals surface area contributed by atoms with Gasteiger partial charge in [0.25, 0.3) is 0 Å². The van der Waals surface area contributed by atoms with E-state index in [4.69, 9.17) is 14.9 Å². The average Bonchev–Trinajstić information content (AvgIpc) is 2.64. The molecule has 0 amide bonds. The zero-order valence-electron chi connectivity index (χ0n) is 10.4. The number of ether oxygens (including phenoxy) is 1. The second kappa shape index (κ2) is 7.47. The molecule has 0 fully saturated rings. The molecule has 0 unspecified atom stereocenters. The number of rotatable bonds is 8. The second-order valence-electron chi connectivity index (χ2n) is 4.14. The lowest BCUT2D eigenvalue weighted by molar-refractivity contribution is 0.102. The minimum atomic E-state index is 0.461. The van der Waals surface area contributed by atoms with Gasteiger partial charge in [0.1, 0.15) is 18.1 Å². The summed E-state index contributed by atoms with van der Waals surface area (Å²) in [7, 11) is 0. The first kappa shape index (κ1) is 13.3. The van der Waals surface area contributed by atoms with Crippen molar-refractivity contribution in [2.24, 2.45) is 5.73 Å². The Morgan fingerprint density at radius 2 is 2.12 bits per heavy atom. The largest absolute Gasteiger partial charge is 0.462 e. The van der Waals surface area contributed by atoms with Gasteiger partial charge in [-0.2, -0.15) is 0 Å². The lowest BCUT2D eigenvalue weighted by Crippen LogP contribution is -1.96. The first-order valence-electron chi connectivity index (χ1n) is 6.14. The van der Waals surface area contributed by atoms with Crippen molar-refractivity contribution in [1.82, 2.24) is 0 Å². The highest BCUT2D eigenvalue weighted by Crippen LogP contribution is 2.14. The van der Waals surface area contributed by atoms with Crippen LogP contribution in [-0.4, -0.2) is 6.61 Å². The topological polar surface area (TPSA) is 48.4 Å². The zero-order valence-corrected chi connectivity index (χ0v) is 10.4. The molecule has 0 bridgehead atoms. The summed E-state index contributed by atoms with van der Waals surface area (Å²) in [5.41, 5.74) is 6.66. The number of furan rings is 1. The standard InChI is InChI=1S/C13H23NO2/c1-3-4-5-6-7-15-10-12-8-11(2)13(9-14)16-12/h8H,3-7,9-10,14H2,1-2H3. The zero-order chi connectivity index (χ0) is 11.8. The molecule has 16 heavy (non-hydrogen) atoms. The molecule has 2 N–H and O–H groups in total. The van der Waals surface area contributed by atoms with E-state index >= 15 is 0 Å². The van der Waals surface area contributed by atoms with Crippen LogP contribution in [0, 0.1) is 6.92 Å². The summed E-state index contributed by atoms with van der Waals surface area (Å²) in [6.07, 6.45) is 4.94. The summed E-state index contributed by atoms with van der Waals surface area (Å²) >= 11 is 0. The molecular weight excluding hydrogens is 202 g/mol. The fourth-order valence-corrected chi connectivity index (χ4v) is 1.67. The van der Waals surface area contributed by atoms with E-state index in [1.165, 1.54) is 19.3 Å². The number of hydrogen-bond acceptors (Lipinski definition) is 3. The van der Waals surface area contributed by atoms with Gasteiger partial charge in [-0.25, -0.2) is 0 Å². The Labute approximate surface area is 98.0 Å². The van der Waals surface area contributed by atoms with Crippen LogP contribution in [0.5, 0.6) is 0 Å². The fourth-order valence-electron chi connectivity index (χ4n) is 1.67. The Kier molecular flexibility index (Phi) is 6.19. The van der Waals surface area contributed by atoms with Crippen molar-refractivity contribution in [2.45, 2.75) is 52.7 Å². The first-order chi connectivity index (χ1) is 7.77. The molecule has 1 aromatic rings. The Bertz CT molecular complexity index is 294. The van der Waals surface area contributed by atoms with Crippen molar-refractivity contribution < 1.29 is 9.15 Å². The number of hydrogen-bond donors (Lipinski definition) is 1. The number of nitrogens with two attached hydrogens (primary N) is 1. The van der Waals surface area contributed by atoms with Crippen molar-refractivity contribution in [3.05, 3.63) is 23.2 Å². The van der Waals surface area contributed by atoms with Crippen LogP contribution in [0.25, 0.3) is 0 Å². The van der Waals surface area contributed by atoms with Crippen LogP contribution in [0.3, 0.4) is 0 Å². The van der Waals surface area contributed by atoms with Gasteiger partial charge < -0.3 is 14.9 Å². The van der Waals surface area contributed by atoms with Gasteiger partial charge in [0.2, 0.25) is 0 Å². The Balaban J connectivity index is 2.16. The molecule has 92 valence electrons. The molecule has 0 aliphatic carbocycles. The van der Waals surface area contributed by atoms with E-state index in [1.54, 1.807) is 0 Å². The van der Waals surface area contributed by atoms with E-state index in [0.29, 0.717) is 13.2 Å². The van der Waals surface area contributed by atoms with Crippen molar-refractivity contribution >= 4 is 0 Å². The van der Waals surface area contributed by atoms with Gasteiger partial charge in [0, 0.05) is 6.61 Å². The molecule has 0 aliphatic rings. The van der Waals surface area contributed by atoms with Crippen LogP contribution in [-0.2, 0) is 17.9 Å². The average molecular weight is 225 g/mol. The van der Waals surface area contributed by atoms with E-state index in [2.05, 4.69) is 6.92 Å². The summed E-state index contributed by atoms with van der Waals surface area (Å²) < 4.78 is 11.1. The van der Waals surface area contributed by atoms with Crippen LogP contribution < -0.4 is 5.73 Å². The van der Waals surface area contributed by atoms with Gasteiger partial charge in [-0.3, -0.25) is 0 Å². The lowest BCUT2D eigenvalue weighted by atomic mass is 10.2. The third-order valence-corrected chi connectivity index (χ3v) is 2.64. The molecule has 0 saturated carbocycles. The van der Waals surface area contributed by atoms with Crippen molar-refractivity contribution in [3.8, 4) is 0 Å². The van der Waals surface area contributed by atoms with Gasteiger partial charge in [0.15, 0.2) is 0 Å². The maximum absolute atomic E-state index is 5.54. The highest BCUT2D eigenvalue weighted by molar-refractivity contribution is 5.19. The third kappa shape index (κ3) is 4.37. The van der Waals surface area contributed by atoms with E-state index in [-0.39, 0.29) is 0 Å². The summed E-state index contributed by atoms with van der Waals surface area (Å²) in [4.78, 5) is 0. The molecule has 1 aromatic heterocycles. The number of aryl methyl sites for hydroxylation is 1. The molecule has 1 rings (SSSR count). The van der Waals surface area contributed by atoms with Crippen LogP contribution in [0.1, 0.15) is 49.7 Å². The normalized spacial score (nSPS) is 10.9. The van der Waals surface area contributed by atoms with Gasteiger partial charge >= 0.3 is 0 Å².